The fourth-order valence-electron chi connectivity index (χ4n) is 2.34. The fraction of sp³-hybridized carbons (Fsp3) is 0.105. The number of nitriles is 1. The first kappa shape index (κ1) is 16.9. The van der Waals surface area contributed by atoms with E-state index in [0.717, 1.165) is 11.1 Å². The van der Waals surface area contributed by atoms with Crippen LogP contribution in [0.3, 0.4) is 0 Å². The molecule has 0 spiro atoms. The van der Waals surface area contributed by atoms with E-state index in [2.05, 4.69) is 21.4 Å². The summed E-state index contributed by atoms with van der Waals surface area (Å²) in [7, 11) is 0. The minimum atomic E-state index is -0.410. The monoisotopic (exact) mass is 350 g/mol. The molecule has 0 aliphatic heterocycles. The Labute approximate surface area is 149 Å². The predicted octanol–water partition coefficient (Wildman–Crippen LogP) is 4.93. The number of nitrogens with zero attached hydrogens (tertiary/aromatic N) is 3. The molecule has 0 aliphatic carbocycles. The third-order valence-corrected chi connectivity index (χ3v) is 4.18. The van der Waals surface area contributed by atoms with Crippen LogP contribution in [0.2, 0.25) is 0 Å². The van der Waals surface area contributed by atoms with E-state index in [-0.39, 0.29) is 11.3 Å². The molecule has 0 amide bonds. The molecule has 1 heterocycles. The predicted molar refractivity (Wildman–Crippen MR) is 98.4 cm³/mol. The normalized spacial score (nSPS) is 10.3. The van der Waals surface area contributed by atoms with Crippen molar-refractivity contribution in [1.82, 2.24) is 9.97 Å². The number of para-hydroxylation sites is 1. The molecule has 0 atom stereocenters. The number of nitrogens with one attached hydrogen (secondary N) is 1. The summed E-state index contributed by atoms with van der Waals surface area (Å²) < 4.78 is 14.0. The Balaban J connectivity index is 2.15. The number of benzene rings is 2. The maximum atomic E-state index is 14.0. The number of hydrogen-bond donors (Lipinski definition) is 1. The van der Waals surface area contributed by atoms with Crippen LogP contribution in [0.15, 0.2) is 53.7 Å². The van der Waals surface area contributed by atoms with Crippen LogP contribution in [-0.2, 0) is 0 Å². The lowest BCUT2D eigenvalue weighted by Crippen LogP contribution is -2.04. The third-order valence-electron chi connectivity index (χ3n) is 3.63. The molecule has 4 nitrogen and oxygen atoms in total. The summed E-state index contributed by atoms with van der Waals surface area (Å²) >= 11 is 1.36. The van der Waals surface area contributed by atoms with Crippen molar-refractivity contribution >= 4 is 23.3 Å². The van der Waals surface area contributed by atoms with Gasteiger partial charge in [-0.15, -0.1) is 0 Å². The van der Waals surface area contributed by atoms with E-state index >= 15 is 0 Å². The molecule has 0 saturated heterocycles. The summed E-state index contributed by atoms with van der Waals surface area (Å²) in [6.45, 7) is 1.99. The maximum Gasteiger partial charge on any atom is 0.189 e. The smallest absolute Gasteiger partial charge is 0.189 e. The standard InChI is InChI=1S/C19H15FN4S/c1-12-7-9-13(10-8-12)17-14(11-21)18(24-19(23-17)25-2)22-16-6-4-3-5-15(16)20/h3-10H,1-2H3,(H,22,23,24). The number of halogens is 1. The van der Waals surface area contributed by atoms with Gasteiger partial charge in [-0.05, 0) is 25.3 Å². The van der Waals surface area contributed by atoms with Gasteiger partial charge in [0.25, 0.3) is 0 Å². The van der Waals surface area contributed by atoms with Crippen molar-refractivity contribution in [3.63, 3.8) is 0 Å². The molecule has 3 rings (SSSR count). The minimum Gasteiger partial charge on any atom is -0.337 e. The first-order chi connectivity index (χ1) is 12.1. The Hall–Kier alpha value is -2.91. The van der Waals surface area contributed by atoms with Gasteiger partial charge in [-0.3, -0.25) is 0 Å². The summed E-state index contributed by atoms with van der Waals surface area (Å²) in [5, 5.41) is 13.1. The summed E-state index contributed by atoms with van der Waals surface area (Å²) in [4.78, 5) is 8.84. The van der Waals surface area contributed by atoms with Crippen LogP contribution in [0.1, 0.15) is 11.1 Å². The number of anilines is 2. The molecular weight excluding hydrogens is 335 g/mol. The van der Waals surface area contributed by atoms with Gasteiger partial charge in [-0.25, -0.2) is 14.4 Å². The zero-order chi connectivity index (χ0) is 17.8. The average Bonchev–Trinajstić information content (AvgIpc) is 2.63. The van der Waals surface area contributed by atoms with Crippen molar-refractivity contribution in [3.05, 3.63) is 65.5 Å². The number of thioether (sulfide) groups is 1. The Morgan fingerprint density at radius 2 is 1.80 bits per heavy atom. The van der Waals surface area contributed by atoms with Gasteiger partial charge in [0, 0.05) is 5.56 Å². The summed E-state index contributed by atoms with van der Waals surface area (Å²) in [6.07, 6.45) is 1.85. The van der Waals surface area contributed by atoms with Crippen molar-refractivity contribution in [1.29, 1.82) is 5.26 Å². The molecule has 0 fully saturated rings. The molecule has 0 radical (unpaired) electrons. The lowest BCUT2D eigenvalue weighted by Gasteiger charge is -2.13. The molecule has 25 heavy (non-hydrogen) atoms. The summed E-state index contributed by atoms with van der Waals surface area (Å²) in [6, 6.07) is 16.2. The van der Waals surface area contributed by atoms with Gasteiger partial charge in [0.1, 0.15) is 17.4 Å². The lowest BCUT2D eigenvalue weighted by molar-refractivity contribution is 0.631. The molecule has 124 valence electrons. The van der Waals surface area contributed by atoms with E-state index in [1.807, 2.05) is 37.4 Å². The second-order valence-corrected chi connectivity index (χ2v) is 6.14. The SMILES string of the molecule is CSc1nc(Nc2ccccc2F)c(C#N)c(-c2ccc(C)cc2)n1. The molecular formula is C19H15FN4S. The Kier molecular flexibility index (Phi) is 4.96. The highest BCUT2D eigenvalue weighted by Gasteiger charge is 2.17. The van der Waals surface area contributed by atoms with E-state index < -0.39 is 5.82 Å². The van der Waals surface area contributed by atoms with Crippen molar-refractivity contribution in [2.45, 2.75) is 12.1 Å². The molecule has 6 heteroatoms. The lowest BCUT2D eigenvalue weighted by atomic mass is 10.1. The summed E-state index contributed by atoms with van der Waals surface area (Å²) in [5.41, 5.74) is 3.01. The number of hydrogen-bond acceptors (Lipinski definition) is 5. The van der Waals surface area contributed by atoms with Crippen LogP contribution < -0.4 is 5.32 Å². The van der Waals surface area contributed by atoms with Crippen LogP contribution in [0.5, 0.6) is 0 Å². The van der Waals surface area contributed by atoms with Gasteiger partial charge in [-0.2, -0.15) is 5.26 Å². The summed E-state index contributed by atoms with van der Waals surface area (Å²) in [5.74, 6) is -0.116. The van der Waals surface area contributed by atoms with E-state index in [4.69, 9.17) is 0 Å². The van der Waals surface area contributed by atoms with Crippen LogP contribution >= 0.6 is 11.8 Å². The molecule has 1 aromatic heterocycles. The average molecular weight is 350 g/mol. The largest absolute Gasteiger partial charge is 0.337 e. The highest BCUT2D eigenvalue weighted by molar-refractivity contribution is 7.98. The second-order valence-electron chi connectivity index (χ2n) is 5.37. The number of aryl methyl sites for hydroxylation is 1. The van der Waals surface area contributed by atoms with Crippen molar-refractivity contribution in [2.24, 2.45) is 0 Å². The fourth-order valence-corrected chi connectivity index (χ4v) is 2.70. The van der Waals surface area contributed by atoms with E-state index in [1.54, 1.807) is 18.2 Å². The van der Waals surface area contributed by atoms with Gasteiger partial charge in [0.2, 0.25) is 0 Å². The number of aromatic nitrogens is 2. The first-order valence-electron chi connectivity index (χ1n) is 7.57. The van der Waals surface area contributed by atoms with Crippen LogP contribution in [0, 0.1) is 24.1 Å². The van der Waals surface area contributed by atoms with E-state index in [1.165, 1.54) is 17.8 Å². The van der Waals surface area contributed by atoms with E-state index in [0.29, 0.717) is 16.7 Å². The van der Waals surface area contributed by atoms with Gasteiger partial charge < -0.3 is 5.32 Å². The van der Waals surface area contributed by atoms with Crippen molar-refractivity contribution in [3.8, 4) is 17.3 Å². The quantitative estimate of drug-likeness (QED) is 0.534. The molecule has 1 N–H and O–H groups in total. The highest BCUT2D eigenvalue weighted by atomic mass is 32.2. The molecule has 0 aliphatic rings. The zero-order valence-corrected chi connectivity index (χ0v) is 14.6. The molecule has 0 saturated carbocycles. The molecule has 0 unspecified atom stereocenters. The molecule has 0 bridgehead atoms. The van der Waals surface area contributed by atoms with Crippen LogP contribution in [0.25, 0.3) is 11.3 Å². The highest BCUT2D eigenvalue weighted by Crippen LogP contribution is 2.30. The minimum absolute atomic E-state index is 0.264. The van der Waals surface area contributed by atoms with Gasteiger partial charge in [0.15, 0.2) is 11.0 Å². The van der Waals surface area contributed by atoms with Crippen LogP contribution in [-0.4, -0.2) is 16.2 Å². The topological polar surface area (TPSA) is 61.6 Å². The van der Waals surface area contributed by atoms with Gasteiger partial charge in [-0.1, -0.05) is 53.7 Å². The van der Waals surface area contributed by atoms with Gasteiger partial charge in [0.05, 0.1) is 11.4 Å². The van der Waals surface area contributed by atoms with Gasteiger partial charge >= 0.3 is 0 Å². The molecule has 3 aromatic rings. The van der Waals surface area contributed by atoms with Crippen molar-refractivity contribution in [2.75, 3.05) is 11.6 Å². The second kappa shape index (κ2) is 7.32. The maximum absolute atomic E-state index is 14.0. The number of rotatable bonds is 4. The first-order valence-corrected chi connectivity index (χ1v) is 8.79. The Morgan fingerprint density at radius 1 is 1.08 bits per heavy atom. The Morgan fingerprint density at radius 3 is 2.44 bits per heavy atom. The zero-order valence-electron chi connectivity index (χ0n) is 13.7. The molecule has 2 aromatic carbocycles. The van der Waals surface area contributed by atoms with E-state index in [9.17, 15) is 9.65 Å². The third kappa shape index (κ3) is 3.62. The van der Waals surface area contributed by atoms with Crippen LogP contribution in [0.4, 0.5) is 15.9 Å². The Bertz CT molecular complexity index is 949. The van der Waals surface area contributed by atoms with Crippen molar-refractivity contribution < 1.29 is 4.39 Å².